The molecule has 1 aromatic carbocycles. The number of aliphatic hydroxyl groups is 1. The van der Waals surface area contributed by atoms with Crippen molar-refractivity contribution < 1.29 is 5.11 Å². The summed E-state index contributed by atoms with van der Waals surface area (Å²) in [6.07, 6.45) is 4.00. The minimum Gasteiger partial charge on any atom is -0.390 e. The van der Waals surface area contributed by atoms with Crippen LogP contribution in [0.3, 0.4) is 0 Å². The van der Waals surface area contributed by atoms with Gasteiger partial charge in [0.05, 0.1) is 11.8 Å². The quantitative estimate of drug-likeness (QED) is 0.869. The van der Waals surface area contributed by atoms with Crippen LogP contribution in [-0.4, -0.2) is 58.7 Å². The maximum atomic E-state index is 10.5. The molecule has 0 unspecified atom stereocenters. The number of likely N-dealkylation sites (N-methyl/N-ethyl adjacent to an activating group) is 1. The summed E-state index contributed by atoms with van der Waals surface area (Å²) in [4.78, 5) is 9.16. The highest BCUT2D eigenvalue weighted by atomic mass is 16.3. The number of β-amino-alcohol motifs (C(OH)–C–C–N with tert-alkyl or cyclic N) is 1. The van der Waals surface area contributed by atoms with Gasteiger partial charge in [0.1, 0.15) is 0 Å². The van der Waals surface area contributed by atoms with Crippen LogP contribution in [0.1, 0.15) is 22.5 Å². The minimum absolute atomic E-state index is 0.141. The molecule has 2 atom stereocenters. The zero-order valence-electron chi connectivity index (χ0n) is 16.0. The molecular weight excluding hydrogens is 322 g/mol. The number of hydrogen-bond donors (Lipinski definition) is 1. The predicted octanol–water partition coefficient (Wildman–Crippen LogP) is 2.89. The Morgan fingerprint density at radius 1 is 1.19 bits per heavy atom. The van der Waals surface area contributed by atoms with E-state index >= 15 is 0 Å². The van der Waals surface area contributed by atoms with Crippen molar-refractivity contribution in [3.05, 3.63) is 71.1 Å². The van der Waals surface area contributed by atoms with Gasteiger partial charge >= 0.3 is 0 Å². The lowest BCUT2D eigenvalue weighted by Gasteiger charge is -2.26. The Morgan fingerprint density at radius 2 is 1.96 bits per heavy atom. The lowest BCUT2D eigenvalue weighted by atomic mass is 10.1. The zero-order valence-corrected chi connectivity index (χ0v) is 16.0. The molecule has 0 bridgehead atoms. The first-order valence-corrected chi connectivity index (χ1v) is 9.27. The molecule has 0 aliphatic carbocycles. The monoisotopic (exact) mass is 351 g/mol. The van der Waals surface area contributed by atoms with Crippen LogP contribution < -0.4 is 0 Å². The van der Waals surface area contributed by atoms with Crippen LogP contribution in [0.15, 0.2) is 48.5 Å². The molecule has 0 spiro atoms. The van der Waals surface area contributed by atoms with Gasteiger partial charge in [-0.25, -0.2) is 0 Å². The van der Waals surface area contributed by atoms with Crippen LogP contribution in [-0.2, 0) is 6.54 Å². The molecule has 2 heterocycles. The van der Waals surface area contributed by atoms with Gasteiger partial charge < -0.3 is 5.11 Å². The van der Waals surface area contributed by atoms with Crippen molar-refractivity contribution in [1.82, 2.24) is 14.8 Å². The summed E-state index contributed by atoms with van der Waals surface area (Å²) in [5, 5.41) is 10.5. The van der Waals surface area contributed by atoms with Crippen molar-refractivity contribution >= 4 is 6.08 Å². The van der Waals surface area contributed by atoms with E-state index in [0.717, 1.165) is 31.0 Å². The van der Waals surface area contributed by atoms with E-state index in [4.69, 9.17) is 0 Å². The van der Waals surface area contributed by atoms with Crippen LogP contribution in [0.25, 0.3) is 6.08 Å². The Labute approximate surface area is 156 Å². The van der Waals surface area contributed by atoms with Crippen LogP contribution in [0, 0.1) is 13.8 Å². The molecule has 3 rings (SSSR count). The summed E-state index contributed by atoms with van der Waals surface area (Å²) in [5.41, 5.74) is 4.56. The van der Waals surface area contributed by atoms with Gasteiger partial charge in [-0.05, 0) is 44.2 Å². The molecule has 0 saturated carbocycles. The predicted molar refractivity (Wildman–Crippen MR) is 107 cm³/mol. The lowest BCUT2D eigenvalue weighted by Crippen LogP contribution is -2.40. The summed E-state index contributed by atoms with van der Waals surface area (Å²) < 4.78 is 0. The van der Waals surface area contributed by atoms with Gasteiger partial charge in [-0.1, -0.05) is 42.5 Å². The third-order valence-corrected chi connectivity index (χ3v) is 4.94. The lowest BCUT2D eigenvalue weighted by molar-refractivity contribution is 0.0943. The summed E-state index contributed by atoms with van der Waals surface area (Å²) in [5.74, 6) is 0. The molecule has 4 heteroatoms. The summed E-state index contributed by atoms with van der Waals surface area (Å²) in [6.45, 7) is 7.34. The van der Waals surface area contributed by atoms with E-state index in [1.165, 1.54) is 11.1 Å². The number of hydrogen-bond acceptors (Lipinski definition) is 4. The number of aryl methyl sites for hydroxylation is 2. The first kappa shape index (κ1) is 18.8. The largest absolute Gasteiger partial charge is 0.390 e. The van der Waals surface area contributed by atoms with E-state index in [1.54, 1.807) is 0 Å². The Bertz CT molecular complexity index is 724. The molecule has 26 heavy (non-hydrogen) atoms. The topological polar surface area (TPSA) is 39.6 Å². The highest BCUT2D eigenvalue weighted by molar-refractivity contribution is 5.48. The van der Waals surface area contributed by atoms with Crippen molar-refractivity contribution in [1.29, 1.82) is 0 Å². The van der Waals surface area contributed by atoms with Crippen molar-refractivity contribution in [2.45, 2.75) is 32.5 Å². The second-order valence-electron chi connectivity index (χ2n) is 7.36. The van der Waals surface area contributed by atoms with Gasteiger partial charge in [0.15, 0.2) is 0 Å². The number of nitrogens with zero attached hydrogens (tertiary/aromatic N) is 3. The molecule has 0 amide bonds. The molecule has 2 aromatic rings. The molecular formula is C22H29N3O. The molecule has 1 saturated heterocycles. The molecule has 1 aliphatic heterocycles. The van der Waals surface area contributed by atoms with Gasteiger partial charge in [-0.2, -0.15) is 0 Å². The Hall–Kier alpha value is -2.01. The van der Waals surface area contributed by atoms with E-state index < -0.39 is 0 Å². The molecule has 1 fully saturated rings. The zero-order chi connectivity index (χ0) is 18.5. The van der Waals surface area contributed by atoms with Gasteiger partial charge in [-0.3, -0.25) is 14.8 Å². The van der Waals surface area contributed by atoms with Gasteiger partial charge in [-0.15, -0.1) is 0 Å². The van der Waals surface area contributed by atoms with Crippen LogP contribution >= 0.6 is 0 Å². The highest BCUT2D eigenvalue weighted by Crippen LogP contribution is 2.18. The maximum absolute atomic E-state index is 10.5. The van der Waals surface area contributed by atoms with Crippen molar-refractivity contribution in [3.63, 3.8) is 0 Å². The van der Waals surface area contributed by atoms with E-state index in [-0.39, 0.29) is 12.1 Å². The Morgan fingerprint density at radius 3 is 2.69 bits per heavy atom. The number of pyridine rings is 1. The van der Waals surface area contributed by atoms with Crippen molar-refractivity contribution in [2.24, 2.45) is 0 Å². The number of rotatable bonds is 6. The molecule has 1 aromatic heterocycles. The van der Waals surface area contributed by atoms with Gasteiger partial charge in [0.25, 0.3) is 0 Å². The fourth-order valence-corrected chi connectivity index (χ4v) is 3.71. The average molecular weight is 351 g/mol. The molecule has 1 aliphatic rings. The first-order valence-electron chi connectivity index (χ1n) is 9.27. The number of aliphatic hydroxyl groups excluding tert-OH is 1. The molecule has 138 valence electrons. The fourth-order valence-electron chi connectivity index (χ4n) is 3.71. The maximum Gasteiger partial charge on any atom is 0.0834 e. The van der Waals surface area contributed by atoms with Crippen molar-refractivity contribution in [2.75, 3.05) is 26.7 Å². The SMILES string of the molecule is Cc1cc(C)nc(CN(C)[C@H]2CN(C/C=C/c3ccccc3)C[C@@H]2O)c1. The van der Waals surface area contributed by atoms with Crippen LogP contribution in [0.5, 0.6) is 0 Å². The average Bonchev–Trinajstić information content (AvgIpc) is 2.96. The summed E-state index contributed by atoms with van der Waals surface area (Å²) in [6, 6.07) is 14.7. The normalized spacial score (nSPS) is 21.1. The second-order valence-corrected chi connectivity index (χ2v) is 7.36. The molecule has 1 N–H and O–H groups in total. The third kappa shape index (κ3) is 5.01. The number of likely N-dealkylation sites (tertiary alicyclic amines) is 1. The van der Waals surface area contributed by atoms with Gasteiger partial charge in [0, 0.05) is 37.9 Å². The van der Waals surface area contributed by atoms with E-state index in [9.17, 15) is 5.11 Å². The van der Waals surface area contributed by atoms with E-state index in [1.807, 2.05) is 25.1 Å². The summed E-state index contributed by atoms with van der Waals surface area (Å²) >= 11 is 0. The first-order chi connectivity index (χ1) is 12.5. The smallest absolute Gasteiger partial charge is 0.0834 e. The number of aromatic nitrogens is 1. The fraction of sp³-hybridized carbons (Fsp3) is 0.409. The van der Waals surface area contributed by atoms with Crippen LogP contribution in [0.2, 0.25) is 0 Å². The van der Waals surface area contributed by atoms with Gasteiger partial charge in [0.2, 0.25) is 0 Å². The Balaban J connectivity index is 1.55. The second kappa shape index (κ2) is 8.58. The number of benzene rings is 1. The summed E-state index contributed by atoms with van der Waals surface area (Å²) in [7, 11) is 2.08. The third-order valence-electron chi connectivity index (χ3n) is 4.94. The standard InChI is InChI=1S/C22H29N3O/c1-17-12-18(2)23-20(13-17)14-24(3)21-15-25(16-22(21)26)11-7-10-19-8-5-4-6-9-19/h4-10,12-13,21-22,26H,11,14-16H2,1-3H3/b10-7+/t21-,22-/m0/s1. The molecule has 4 nitrogen and oxygen atoms in total. The van der Waals surface area contributed by atoms with E-state index in [0.29, 0.717) is 6.54 Å². The molecule has 0 radical (unpaired) electrons. The Kier molecular flexibility index (Phi) is 6.20. The van der Waals surface area contributed by atoms with E-state index in [2.05, 4.69) is 65.2 Å². The van der Waals surface area contributed by atoms with Crippen LogP contribution in [0.4, 0.5) is 0 Å². The minimum atomic E-state index is -0.323. The highest BCUT2D eigenvalue weighted by Gasteiger charge is 2.33. The van der Waals surface area contributed by atoms with Crippen molar-refractivity contribution in [3.8, 4) is 0 Å².